The first-order valence-electron chi connectivity index (χ1n) is 8.77. The summed E-state index contributed by atoms with van der Waals surface area (Å²) in [5, 5.41) is 4.04. The van der Waals surface area contributed by atoms with Crippen molar-refractivity contribution in [3.05, 3.63) is 34.8 Å². The molecule has 1 amide bonds. The summed E-state index contributed by atoms with van der Waals surface area (Å²) in [5.41, 5.74) is 1.80. The van der Waals surface area contributed by atoms with Crippen molar-refractivity contribution in [3.63, 3.8) is 0 Å². The molecule has 1 fully saturated rings. The Hall–Kier alpha value is -1.92. The first kappa shape index (κ1) is 17.9. The average Bonchev–Trinajstić information content (AvgIpc) is 3.00. The van der Waals surface area contributed by atoms with Gasteiger partial charge in [0.05, 0.1) is 12.3 Å². The van der Waals surface area contributed by atoms with E-state index in [1.165, 1.54) is 11.3 Å². The smallest absolute Gasteiger partial charge is 0.263 e. The number of ether oxygens (including phenoxy) is 1. The van der Waals surface area contributed by atoms with Crippen molar-refractivity contribution in [3.8, 4) is 16.3 Å². The van der Waals surface area contributed by atoms with Gasteiger partial charge in [0.2, 0.25) is 0 Å². The van der Waals surface area contributed by atoms with Crippen LogP contribution in [0.3, 0.4) is 0 Å². The SMILES string of the molecule is CCOc1ccc(-c2nc(C)c(C(=O)NC3CCN(C)CC3)s2)cc1. The molecule has 6 heteroatoms. The molecule has 0 spiro atoms. The highest BCUT2D eigenvalue weighted by atomic mass is 32.1. The van der Waals surface area contributed by atoms with Crippen molar-refractivity contribution < 1.29 is 9.53 Å². The van der Waals surface area contributed by atoms with Crippen LogP contribution in [0, 0.1) is 6.92 Å². The molecular formula is C19H25N3O2S. The number of amides is 1. The van der Waals surface area contributed by atoms with Crippen LogP contribution in [-0.2, 0) is 0 Å². The van der Waals surface area contributed by atoms with Crippen LogP contribution < -0.4 is 10.1 Å². The lowest BCUT2D eigenvalue weighted by atomic mass is 10.1. The number of piperidine rings is 1. The fourth-order valence-electron chi connectivity index (χ4n) is 2.99. The number of nitrogens with zero attached hydrogens (tertiary/aromatic N) is 2. The quantitative estimate of drug-likeness (QED) is 0.890. The predicted molar refractivity (Wildman–Crippen MR) is 101 cm³/mol. The molecule has 1 aromatic heterocycles. The number of carbonyl (C=O) groups excluding carboxylic acids is 1. The zero-order valence-electron chi connectivity index (χ0n) is 15.0. The molecule has 2 aromatic rings. The molecule has 1 saturated heterocycles. The molecule has 0 radical (unpaired) electrons. The minimum absolute atomic E-state index is 0.00161. The Bertz CT molecular complexity index is 719. The Morgan fingerprint density at radius 2 is 2.00 bits per heavy atom. The van der Waals surface area contributed by atoms with Crippen LogP contribution >= 0.6 is 11.3 Å². The van der Waals surface area contributed by atoms with Crippen LogP contribution in [0.1, 0.15) is 35.1 Å². The van der Waals surface area contributed by atoms with Gasteiger partial charge >= 0.3 is 0 Å². The summed E-state index contributed by atoms with van der Waals surface area (Å²) in [6, 6.07) is 8.12. The maximum Gasteiger partial charge on any atom is 0.263 e. The Labute approximate surface area is 153 Å². The summed E-state index contributed by atoms with van der Waals surface area (Å²) in [6.07, 6.45) is 2.01. The second kappa shape index (κ2) is 7.97. The van der Waals surface area contributed by atoms with E-state index in [9.17, 15) is 4.79 Å². The Morgan fingerprint density at radius 1 is 1.32 bits per heavy atom. The highest BCUT2D eigenvalue weighted by Gasteiger charge is 2.22. The molecule has 0 unspecified atom stereocenters. The minimum atomic E-state index is 0.00161. The van der Waals surface area contributed by atoms with Gasteiger partial charge in [-0.05, 0) is 71.1 Å². The van der Waals surface area contributed by atoms with E-state index in [0.717, 1.165) is 47.9 Å². The molecule has 0 saturated carbocycles. The summed E-state index contributed by atoms with van der Waals surface area (Å²) in [5.74, 6) is 0.849. The number of aromatic nitrogens is 1. The van der Waals surface area contributed by atoms with E-state index in [0.29, 0.717) is 11.5 Å². The van der Waals surface area contributed by atoms with Crippen LogP contribution in [0.15, 0.2) is 24.3 Å². The second-order valence-corrected chi connectivity index (χ2v) is 7.44. The Morgan fingerprint density at radius 3 is 2.64 bits per heavy atom. The van der Waals surface area contributed by atoms with Gasteiger partial charge in [-0.15, -0.1) is 11.3 Å². The molecule has 25 heavy (non-hydrogen) atoms. The molecule has 1 aliphatic heterocycles. The third-order valence-corrected chi connectivity index (χ3v) is 5.67. The molecular weight excluding hydrogens is 334 g/mol. The fraction of sp³-hybridized carbons (Fsp3) is 0.474. The molecule has 3 rings (SSSR count). The number of hydrogen-bond acceptors (Lipinski definition) is 5. The topological polar surface area (TPSA) is 54.5 Å². The minimum Gasteiger partial charge on any atom is -0.494 e. The van der Waals surface area contributed by atoms with Crippen molar-refractivity contribution in [2.24, 2.45) is 0 Å². The monoisotopic (exact) mass is 359 g/mol. The molecule has 0 aliphatic carbocycles. The van der Waals surface area contributed by atoms with Crippen molar-refractivity contribution >= 4 is 17.2 Å². The van der Waals surface area contributed by atoms with Crippen LogP contribution in [-0.4, -0.2) is 48.6 Å². The Balaban J connectivity index is 1.70. The number of carbonyl (C=O) groups is 1. The van der Waals surface area contributed by atoms with Crippen LogP contribution in [0.25, 0.3) is 10.6 Å². The van der Waals surface area contributed by atoms with Gasteiger partial charge in [-0.1, -0.05) is 0 Å². The summed E-state index contributed by atoms with van der Waals surface area (Å²) in [6.45, 7) is 6.58. The van der Waals surface area contributed by atoms with Crippen LogP contribution in [0.5, 0.6) is 5.75 Å². The molecule has 2 heterocycles. The van der Waals surface area contributed by atoms with Crippen molar-refractivity contribution in [1.29, 1.82) is 0 Å². The highest BCUT2D eigenvalue weighted by Crippen LogP contribution is 2.29. The first-order valence-corrected chi connectivity index (χ1v) is 9.58. The van der Waals surface area contributed by atoms with Crippen molar-refractivity contribution in [2.75, 3.05) is 26.7 Å². The van der Waals surface area contributed by atoms with Crippen LogP contribution in [0.4, 0.5) is 0 Å². The number of thiazole rings is 1. The number of benzene rings is 1. The van der Waals surface area contributed by atoms with E-state index < -0.39 is 0 Å². The molecule has 0 bridgehead atoms. The second-order valence-electron chi connectivity index (χ2n) is 6.44. The predicted octanol–water partition coefficient (Wildman–Crippen LogP) is 3.34. The molecule has 5 nitrogen and oxygen atoms in total. The van der Waals surface area contributed by atoms with Gasteiger partial charge < -0.3 is 15.0 Å². The van der Waals surface area contributed by atoms with E-state index in [-0.39, 0.29) is 11.9 Å². The standard InChI is InChI=1S/C19H25N3O2S/c1-4-24-16-7-5-14(6-8-16)19-20-13(2)17(25-19)18(23)21-15-9-11-22(3)12-10-15/h5-8,15H,4,9-12H2,1-3H3,(H,21,23). The maximum absolute atomic E-state index is 12.6. The third-order valence-electron chi connectivity index (χ3n) is 4.47. The zero-order chi connectivity index (χ0) is 17.8. The lowest BCUT2D eigenvalue weighted by molar-refractivity contribution is 0.0920. The fourth-order valence-corrected chi connectivity index (χ4v) is 3.97. The van der Waals surface area contributed by atoms with E-state index in [1.807, 2.05) is 38.1 Å². The van der Waals surface area contributed by atoms with E-state index >= 15 is 0 Å². The number of nitrogens with one attached hydrogen (secondary N) is 1. The van der Waals surface area contributed by atoms with Gasteiger partial charge in [0.15, 0.2) is 0 Å². The summed E-state index contributed by atoms with van der Waals surface area (Å²) in [7, 11) is 2.12. The molecule has 1 aromatic carbocycles. The van der Waals surface area contributed by atoms with Crippen LogP contribution in [0.2, 0.25) is 0 Å². The highest BCUT2D eigenvalue weighted by molar-refractivity contribution is 7.17. The largest absolute Gasteiger partial charge is 0.494 e. The molecule has 1 aliphatic rings. The summed E-state index contributed by atoms with van der Waals surface area (Å²) < 4.78 is 5.47. The number of hydrogen-bond donors (Lipinski definition) is 1. The van der Waals surface area contributed by atoms with Gasteiger partial charge in [0.25, 0.3) is 5.91 Å². The van der Waals surface area contributed by atoms with E-state index in [4.69, 9.17) is 4.74 Å². The lowest BCUT2D eigenvalue weighted by Crippen LogP contribution is -2.43. The van der Waals surface area contributed by atoms with Gasteiger partial charge in [0.1, 0.15) is 15.6 Å². The van der Waals surface area contributed by atoms with E-state index in [1.54, 1.807) is 0 Å². The van der Waals surface area contributed by atoms with Crippen molar-refractivity contribution in [1.82, 2.24) is 15.2 Å². The maximum atomic E-state index is 12.6. The van der Waals surface area contributed by atoms with Gasteiger partial charge in [-0.25, -0.2) is 4.98 Å². The van der Waals surface area contributed by atoms with E-state index in [2.05, 4.69) is 22.2 Å². The Kier molecular flexibility index (Phi) is 5.71. The first-order chi connectivity index (χ1) is 12.1. The van der Waals surface area contributed by atoms with Gasteiger partial charge in [-0.3, -0.25) is 4.79 Å². The summed E-state index contributed by atoms with van der Waals surface area (Å²) >= 11 is 1.45. The average molecular weight is 359 g/mol. The number of likely N-dealkylation sites (tertiary alicyclic amines) is 1. The summed E-state index contributed by atoms with van der Waals surface area (Å²) in [4.78, 5) is 20.2. The number of rotatable bonds is 5. The lowest BCUT2D eigenvalue weighted by Gasteiger charge is -2.29. The van der Waals surface area contributed by atoms with Crippen molar-refractivity contribution in [2.45, 2.75) is 32.7 Å². The normalized spacial score (nSPS) is 16.0. The molecule has 1 N–H and O–H groups in total. The van der Waals surface area contributed by atoms with Gasteiger partial charge in [-0.2, -0.15) is 0 Å². The molecule has 0 atom stereocenters. The van der Waals surface area contributed by atoms with Gasteiger partial charge in [0, 0.05) is 11.6 Å². The third kappa shape index (κ3) is 4.38. The zero-order valence-corrected chi connectivity index (χ0v) is 15.9. The molecule has 134 valence electrons. The number of aryl methyl sites for hydroxylation is 1.